The smallest absolute Gasteiger partial charge is 0.240 e. The summed E-state index contributed by atoms with van der Waals surface area (Å²) in [5.41, 5.74) is 0. The number of hydrogen-bond donors (Lipinski definition) is 1. The van der Waals surface area contributed by atoms with Gasteiger partial charge in [-0.25, -0.2) is 13.1 Å². The predicted octanol–water partition coefficient (Wildman–Crippen LogP) is 3.42. The third kappa shape index (κ3) is 4.71. The molecule has 0 saturated carbocycles. The molecule has 0 aliphatic carbocycles. The molecule has 0 aliphatic rings. The van der Waals surface area contributed by atoms with Crippen molar-refractivity contribution in [2.24, 2.45) is 5.92 Å². The largest absolute Gasteiger partial charge is 0.493 e. The first-order chi connectivity index (χ1) is 10.9. The quantitative estimate of drug-likeness (QED) is 0.842. The van der Waals surface area contributed by atoms with E-state index in [4.69, 9.17) is 9.47 Å². The number of nitrogens with one attached hydrogen (secondary N) is 1. The summed E-state index contributed by atoms with van der Waals surface area (Å²) in [5, 5.41) is 0. The van der Waals surface area contributed by atoms with Crippen LogP contribution in [-0.4, -0.2) is 22.1 Å². The Balaban J connectivity index is 2.13. The van der Waals surface area contributed by atoms with Gasteiger partial charge in [0.2, 0.25) is 10.0 Å². The van der Waals surface area contributed by atoms with Crippen LogP contribution in [0.1, 0.15) is 13.8 Å². The molecule has 0 fully saturated rings. The maximum absolute atomic E-state index is 12.1. The van der Waals surface area contributed by atoms with E-state index in [0.29, 0.717) is 23.8 Å². The molecule has 5 nitrogen and oxygen atoms in total. The molecule has 0 saturated heterocycles. The summed E-state index contributed by atoms with van der Waals surface area (Å²) in [4.78, 5) is 0.213. The Kier molecular flexibility index (Phi) is 5.63. The van der Waals surface area contributed by atoms with E-state index in [0.717, 1.165) is 0 Å². The molecule has 2 aromatic rings. The minimum absolute atomic E-state index is 0.213. The minimum Gasteiger partial charge on any atom is -0.493 e. The van der Waals surface area contributed by atoms with Crippen molar-refractivity contribution in [3.8, 4) is 17.2 Å². The Bertz CT molecular complexity index is 739. The molecule has 23 heavy (non-hydrogen) atoms. The van der Waals surface area contributed by atoms with Gasteiger partial charge < -0.3 is 9.47 Å². The van der Waals surface area contributed by atoms with E-state index >= 15 is 0 Å². The van der Waals surface area contributed by atoms with Crippen molar-refractivity contribution in [2.45, 2.75) is 18.7 Å². The molecular formula is C17H21NO4S. The van der Waals surface area contributed by atoms with Crippen molar-refractivity contribution in [3.63, 3.8) is 0 Å². The van der Waals surface area contributed by atoms with E-state index in [1.165, 1.54) is 12.1 Å². The molecule has 0 spiro atoms. The Morgan fingerprint density at radius 3 is 2.17 bits per heavy atom. The van der Waals surface area contributed by atoms with Crippen LogP contribution in [0.4, 0.5) is 0 Å². The van der Waals surface area contributed by atoms with Gasteiger partial charge in [-0.2, -0.15) is 0 Å². The number of ether oxygens (including phenoxy) is 2. The van der Waals surface area contributed by atoms with Crippen molar-refractivity contribution in [3.05, 3.63) is 48.5 Å². The van der Waals surface area contributed by atoms with E-state index in [-0.39, 0.29) is 10.8 Å². The topological polar surface area (TPSA) is 64.6 Å². The molecule has 0 aromatic heterocycles. The molecule has 6 heteroatoms. The zero-order valence-corrected chi connectivity index (χ0v) is 14.3. The Labute approximate surface area is 137 Å². The zero-order valence-electron chi connectivity index (χ0n) is 13.4. The summed E-state index contributed by atoms with van der Waals surface area (Å²) in [6, 6.07) is 13.6. The molecule has 2 aromatic carbocycles. The van der Waals surface area contributed by atoms with Crippen LogP contribution in [0.2, 0.25) is 0 Å². The second-order valence-electron chi connectivity index (χ2n) is 5.47. The lowest BCUT2D eigenvalue weighted by atomic mass is 10.2. The monoisotopic (exact) mass is 335 g/mol. The van der Waals surface area contributed by atoms with E-state index in [9.17, 15) is 8.42 Å². The number of hydrogen-bond acceptors (Lipinski definition) is 4. The van der Waals surface area contributed by atoms with Gasteiger partial charge in [0.1, 0.15) is 5.75 Å². The molecule has 1 N–H and O–H groups in total. The van der Waals surface area contributed by atoms with Crippen LogP contribution in [-0.2, 0) is 10.0 Å². The number of sulfonamides is 1. The zero-order chi connectivity index (χ0) is 16.9. The van der Waals surface area contributed by atoms with E-state index < -0.39 is 10.0 Å². The highest BCUT2D eigenvalue weighted by Gasteiger charge is 2.14. The van der Waals surface area contributed by atoms with Crippen LogP contribution in [0.15, 0.2) is 53.4 Å². The minimum atomic E-state index is -3.49. The van der Waals surface area contributed by atoms with Crippen molar-refractivity contribution in [1.82, 2.24) is 4.72 Å². The number of benzene rings is 2. The Hall–Kier alpha value is -2.05. The van der Waals surface area contributed by atoms with Gasteiger partial charge in [0.05, 0.1) is 12.0 Å². The van der Waals surface area contributed by atoms with E-state index in [2.05, 4.69) is 4.72 Å². The number of para-hydroxylation sites is 2. The first kappa shape index (κ1) is 17.3. The standard InChI is InChI=1S/C17H21NO4S/c1-13(2)12-18-23(19,20)15-10-8-14(9-11-15)22-17-7-5-4-6-16(17)21-3/h4-11,13,18H,12H2,1-3H3. The molecule has 124 valence electrons. The van der Waals surface area contributed by atoms with Crippen LogP contribution in [0, 0.1) is 5.92 Å². The molecule has 0 radical (unpaired) electrons. The maximum atomic E-state index is 12.1. The summed E-state index contributed by atoms with van der Waals surface area (Å²) in [6.07, 6.45) is 0. The van der Waals surface area contributed by atoms with Crippen LogP contribution < -0.4 is 14.2 Å². The van der Waals surface area contributed by atoms with Gasteiger partial charge in [0.15, 0.2) is 11.5 Å². The molecule has 0 aliphatic heterocycles. The molecule has 0 amide bonds. The van der Waals surface area contributed by atoms with Gasteiger partial charge in [-0.1, -0.05) is 26.0 Å². The summed E-state index contributed by atoms with van der Waals surface area (Å²) in [6.45, 7) is 4.31. The van der Waals surface area contributed by atoms with Crippen molar-refractivity contribution >= 4 is 10.0 Å². The summed E-state index contributed by atoms with van der Waals surface area (Å²) in [5.74, 6) is 1.97. The number of methoxy groups -OCH3 is 1. The van der Waals surface area contributed by atoms with E-state index in [1.54, 1.807) is 31.4 Å². The number of rotatable bonds is 7. The highest BCUT2D eigenvalue weighted by Crippen LogP contribution is 2.31. The molecule has 0 bridgehead atoms. The van der Waals surface area contributed by atoms with Crippen molar-refractivity contribution < 1.29 is 17.9 Å². The normalized spacial score (nSPS) is 11.5. The fourth-order valence-corrected chi connectivity index (χ4v) is 3.09. The lowest BCUT2D eigenvalue weighted by molar-refractivity contribution is 0.379. The third-order valence-corrected chi connectivity index (χ3v) is 4.55. The molecule has 0 heterocycles. The van der Waals surface area contributed by atoms with Gasteiger partial charge in [0.25, 0.3) is 0 Å². The third-order valence-electron chi connectivity index (χ3n) is 3.11. The lowest BCUT2D eigenvalue weighted by Crippen LogP contribution is -2.27. The molecule has 2 rings (SSSR count). The summed E-state index contributed by atoms with van der Waals surface area (Å²) in [7, 11) is -1.92. The SMILES string of the molecule is COc1ccccc1Oc1ccc(S(=O)(=O)NCC(C)C)cc1. The first-order valence-electron chi connectivity index (χ1n) is 7.33. The van der Waals surface area contributed by atoms with Gasteiger partial charge >= 0.3 is 0 Å². The lowest BCUT2D eigenvalue weighted by Gasteiger charge is -2.11. The highest BCUT2D eigenvalue weighted by atomic mass is 32.2. The first-order valence-corrected chi connectivity index (χ1v) is 8.81. The molecule has 0 atom stereocenters. The summed E-state index contributed by atoms with van der Waals surface area (Å²) < 4.78 is 37.8. The Morgan fingerprint density at radius 2 is 1.61 bits per heavy atom. The van der Waals surface area contributed by atoms with Crippen molar-refractivity contribution in [1.29, 1.82) is 0 Å². The Morgan fingerprint density at radius 1 is 1.00 bits per heavy atom. The van der Waals surface area contributed by atoms with Gasteiger partial charge in [-0.15, -0.1) is 0 Å². The second kappa shape index (κ2) is 7.48. The molecular weight excluding hydrogens is 314 g/mol. The van der Waals surface area contributed by atoms with E-state index in [1.807, 2.05) is 26.0 Å². The van der Waals surface area contributed by atoms with Crippen LogP contribution in [0.5, 0.6) is 17.2 Å². The maximum Gasteiger partial charge on any atom is 0.240 e. The fourth-order valence-electron chi connectivity index (χ4n) is 1.88. The van der Waals surface area contributed by atoms with Crippen LogP contribution in [0.25, 0.3) is 0 Å². The van der Waals surface area contributed by atoms with Gasteiger partial charge in [0, 0.05) is 6.54 Å². The predicted molar refractivity (Wildman–Crippen MR) is 89.5 cm³/mol. The average molecular weight is 335 g/mol. The van der Waals surface area contributed by atoms with Gasteiger partial charge in [-0.3, -0.25) is 0 Å². The fraction of sp³-hybridized carbons (Fsp3) is 0.294. The average Bonchev–Trinajstić information content (AvgIpc) is 2.54. The highest BCUT2D eigenvalue weighted by molar-refractivity contribution is 7.89. The van der Waals surface area contributed by atoms with Crippen LogP contribution >= 0.6 is 0 Å². The van der Waals surface area contributed by atoms with Crippen molar-refractivity contribution in [2.75, 3.05) is 13.7 Å². The van der Waals surface area contributed by atoms with Crippen LogP contribution in [0.3, 0.4) is 0 Å². The summed E-state index contributed by atoms with van der Waals surface area (Å²) >= 11 is 0. The second-order valence-corrected chi connectivity index (χ2v) is 7.24. The molecule has 0 unspecified atom stereocenters. The van der Waals surface area contributed by atoms with Gasteiger partial charge in [-0.05, 0) is 42.3 Å².